The van der Waals surface area contributed by atoms with Crippen LogP contribution < -0.4 is 5.32 Å². The smallest absolute Gasteiger partial charge is 0.408 e. The van der Waals surface area contributed by atoms with Crippen molar-refractivity contribution in [3.8, 4) is 11.1 Å². The molecule has 0 saturated carbocycles. The van der Waals surface area contributed by atoms with Crippen molar-refractivity contribution in [3.63, 3.8) is 0 Å². The number of hydrogen-bond donors (Lipinski definition) is 1. The number of hydrogen-bond acceptors (Lipinski definition) is 6. The van der Waals surface area contributed by atoms with E-state index in [4.69, 9.17) is 9.47 Å². The number of Topliss-reactive ketones (excluding diaryl/α,β-unsaturated/α-hetero) is 2. The van der Waals surface area contributed by atoms with Gasteiger partial charge in [0.15, 0.2) is 18.2 Å². The van der Waals surface area contributed by atoms with E-state index in [0.29, 0.717) is 11.1 Å². The van der Waals surface area contributed by atoms with E-state index >= 15 is 0 Å². The molecular formula is C29H28BrNO6. The zero-order chi connectivity index (χ0) is 26.8. The molecule has 0 aliphatic carbocycles. The van der Waals surface area contributed by atoms with Crippen LogP contribution >= 0.6 is 15.9 Å². The molecular weight excluding hydrogens is 538 g/mol. The molecule has 0 aliphatic heterocycles. The number of nitrogens with one attached hydrogen (secondary N) is 1. The van der Waals surface area contributed by atoms with Gasteiger partial charge >= 0.3 is 12.1 Å². The highest BCUT2D eigenvalue weighted by atomic mass is 79.9. The monoisotopic (exact) mass is 565 g/mol. The number of alkyl carbamates (subject to hydrolysis) is 1. The summed E-state index contributed by atoms with van der Waals surface area (Å²) in [6, 6.07) is 22.3. The van der Waals surface area contributed by atoms with E-state index in [2.05, 4.69) is 21.2 Å². The van der Waals surface area contributed by atoms with Crippen LogP contribution in [0.15, 0.2) is 78.9 Å². The van der Waals surface area contributed by atoms with Crippen molar-refractivity contribution in [2.24, 2.45) is 5.92 Å². The molecule has 0 aliphatic rings. The number of ether oxygens (including phenoxy) is 2. The number of halogens is 1. The third kappa shape index (κ3) is 8.11. The second-order valence-corrected chi connectivity index (χ2v) is 9.23. The summed E-state index contributed by atoms with van der Waals surface area (Å²) in [6.07, 6.45) is -0.744. The third-order valence-electron chi connectivity index (χ3n) is 5.62. The van der Waals surface area contributed by atoms with Crippen LogP contribution in [0.1, 0.15) is 40.1 Å². The third-order valence-corrected chi connectivity index (χ3v) is 6.13. The Morgan fingerprint density at radius 1 is 0.757 bits per heavy atom. The van der Waals surface area contributed by atoms with Crippen molar-refractivity contribution in [2.75, 3.05) is 11.9 Å². The van der Waals surface area contributed by atoms with E-state index in [-0.39, 0.29) is 29.4 Å². The second kappa shape index (κ2) is 13.5. The van der Waals surface area contributed by atoms with Crippen LogP contribution in [0.2, 0.25) is 0 Å². The molecule has 0 saturated heterocycles. The fourth-order valence-electron chi connectivity index (χ4n) is 3.47. The van der Waals surface area contributed by atoms with Gasteiger partial charge in [-0.25, -0.2) is 9.59 Å². The quantitative estimate of drug-likeness (QED) is 0.184. The summed E-state index contributed by atoms with van der Waals surface area (Å²) in [7, 11) is 0. The summed E-state index contributed by atoms with van der Waals surface area (Å²) >= 11 is 3.16. The van der Waals surface area contributed by atoms with Crippen LogP contribution in [0.4, 0.5) is 4.79 Å². The number of benzene rings is 3. The first-order chi connectivity index (χ1) is 17.8. The van der Waals surface area contributed by atoms with Gasteiger partial charge in [0.2, 0.25) is 0 Å². The van der Waals surface area contributed by atoms with E-state index < -0.39 is 24.7 Å². The van der Waals surface area contributed by atoms with Crippen LogP contribution in [-0.2, 0) is 20.9 Å². The molecule has 0 spiro atoms. The average Bonchev–Trinajstić information content (AvgIpc) is 2.93. The van der Waals surface area contributed by atoms with Gasteiger partial charge in [-0.15, -0.1) is 0 Å². The standard InChI is InChI=1S/C29H28BrNO6/c1-19(2)27(31-29(35)37-17-20-6-4-3-5-7-20)28(34)36-18-26(33)24-14-10-22(11-15-24)21-8-12-23(13-9-21)25(32)16-30/h3-15,19,27H,16-18H2,1-2H3,(H,31,35)/t27-/m0/s1. The molecule has 7 nitrogen and oxygen atoms in total. The molecule has 1 amide bonds. The number of ketones is 2. The van der Waals surface area contributed by atoms with Crippen molar-refractivity contribution in [3.05, 3.63) is 95.6 Å². The highest BCUT2D eigenvalue weighted by molar-refractivity contribution is 9.09. The lowest BCUT2D eigenvalue weighted by Crippen LogP contribution is -2.45. The van der Waals surface area contributed by atoms with E-state index in [9.17, 15) is 19.2 Å². The minimum Gasteiger partial charge on any atom is -0.456 e. The van der Waals surface area contributed by atoms with Gasteiger partial charge in [-0.3, -0.25) is 9.59 Å². The fraction of sp³-hybridized carbons (Fsp3) is 0.241. The van der Waals surface area contributed by atoms with Crippen molar-refractivity contribution in [1.29, 1.82) is 0 Å². The Morgan fingerprint density at radius 3 is 1.81 bits per heavy atom. The molecule has 3 aromatic rings. The highest BCUT2D eigenvalue weighted by Gasteiger charge is 2.27. The van der Waals surface area contributed by atoms with Gasteiger partial charge in [0.25, 0.3) is 0 Å². The van der Waals surface area contributed by atoms with Gasteiger partial charge in [-0.05, 0) is 22.6 Å². The predicted octanol–water partition coefficient (Wildman–Crippen LogP) is 5.61. The molecule has 0 heterocycles. The van der Waals surface area contributed by atoms with Crippen LogP contribution in [0.25, 0.3) is 11.1 Å². The Bertz CT molecular complexity index is 1220. The number of carbonyl (C=O) groups is 4. The van der Waals surface area contributed by atoms with Crippen molar-refractivity contribution in [2.45, 2.75) is 26.5 Å². The van der Waals surface area contributed by atoms with E-state index in [1.807, 2.05) is 42.5 Å². The lowest BCUT2D eigenvalue weighted by atomic mass is 10.0. The largest absolute Gasteiger partial charge is 0.456 e. The van der Waals surface area contributed by atoms with E-state index in [1.54, 1.807) is 50.2 Å². The molecule has 8 heteroatoms. The van der Waals surface area contributed by atoms with Gasteiger partial charge < -0.3 is 14.8 Å². The first-order valence-corrected chi connectivity index (χ1v) is 12.9. The molecule has 1 N–H and O–H groups in total. The highest BCUT2D eigenvalue weighted by Crippen LogP contribution is 2.21. The van der Waals surface area contributed by atoms with Crippen LogP contribution in [-0.4, -0.2) is 41.6 Å². The topological polar surface area (TPSA) is 98.8 Å². The molecule has 37 heavy (non-hydrogen) atoms. The van der Waals surface area contributed by atoms with Gasteiger partial charge in [0.05, 0.1) is 5.33 Å². The number of carbonyl (C=O) groups excluding carboxylic acids is 4. The maximum atomic E-state index is 12.6. The Morgan fingerprint density at radius 2 is 1.30 bits per heavy atom. The van der Waals surface area contributed by atoms with Crippen molar-refractivity contribution in [1.82, 2.24) is 5.32 Å². The van der Waals surface area contributed by atoms with Gasteiger partial charge in [-0.2, -0.15) is 0 Å². The second-order valence-electron chi connectivity index (χ2n) is 8.67. The molecule has 0 aromatic heterocycles. The van der Waals surface area contributed by atoms with Crippen molar-refractivity contribution >= 4 is 39.6 Å². The molecule has 0 bridgehead atoms. The molecule has 0 unspecified atom stereocenters. The number of esters is 1. The minimum absolute atomic E-state index is 0.000948. The number of rotatable bonds is 11. The summed E-state index contributed by atoms with van der Waals surface area (Å²) in [4.78, 5) is 49.1. The molecule has 0 fully saturated rings. The Kier molecular flexibility index (Phi) is 10.1. The zero-order valence-corrected chi connectivity index (χ0v) is 22.2. The first kappa shape index (κ1) is 27.8. The Balaban J connectivity index is 1.53. The first-order valence-electron chi connectivity index (χ1n) is 11.7. The maximum Gasteiger partial charge on any atom is 0.408 e. The lowest BCUT2D eigenvalue weighted by Gasteiger charge is -2.20. The number of amides is 1. The summed E-state index contributed by atoms with van der Waals surface area (Å²) in [5.74, 6) is -1.36. The molecule has 3 rings (SSSR count). The average molecular weight is 566 g/mol. The predicted molar refractivity (Wildman–Crippen MR) is 144 cm³/mol. The van der Waals surface area contributed by atoms with Gasteiger partial charge in [-0.1, -0.05) is 109 Å². The normalized spacial score (nSPS) is 11.5. The van der Waals surface area contributed by atoms with Crippen LogP contribution in [0.5, 0.6) is 0 Å². The van der Waals surface area contributed by atoms with Crippen molar-refractivity contribution < 1.29 is 28.7 Å². The molecule has 3 aromatic carbocycles. The summed E-state index contributed by atoms with van der Waals surface area (Å²) in [5, 5.41) is 2.78. The molecule has 0 radical (unpaired) electrons. The van der Waals surface area contributed by atoms with Crippen LogP contribution in [0.3, 0.4) is 0 Å². The molecule has 1 atom stereocenters. The van der Waals surface area contributed by atoms with Crippen LogP contribution in [0, 0.1) is 5.92 Å². The van der Waals surface area contributed by atoms with E-state index in [1.165, 1.54) is 0 Å². The Hall–Kier alpha value is -3.78. The van der Waals surface area contributed by atoms with E-state index in [0.717, 1.165) is 16.7 Å². The maximum absolute atomic E-state index is 12.6. The molecule has 192 valence electrons. The lowest BCUT2D eigenvalue weighted by molar-refractivity contribution is -0.146. The number of alkyl halides is 1. The summed E-state index contributed by atoms with van der Waals surface area (Å²) < 4.78 is 10.4. The fourth-order valence-corrected chi connectivity index (χ4v) is 3.80. The zero-order valence-electron chi connectivity index (χ0n) is 20.6. The Labute approximate surface area is 224 Å². The van der Waals surface area contributed by atoms with Gasteiger partial charge in [0, 0.05) is 11.1 Å². The minimum atomic E-state index is -0.960. The summed E-state index contributed by atoms with van der Waals surface area (Å²) in [6.45, 7) is 3.13. The summed E-state index contributed by atoms with van der Waals surface area (Å²) in [5.41, 5.74) is 3.61. The van der Waals surface area contributed by atoms with Gasteiger partial charge in [0.1, 0.15) is 12.6 Å². The SMILES string of the molecule is CC(C)[C@H](NC(=O)OCc1ccccc1)C(=O)OCC(=O)c1ccc(-c2ccc(C(=O)CBr)cc2)cc1.